The summed E-state index contributed by atoms with van der Waals surface area (Å²) in [5.41, 5.74) is 6.15. The summed E-state index contributed by atoms with van der Waals surface area (Å²) < 4.78 is 5.25. The summed E-state index contributed by atoms with van der Waals surface area (Å²) in [5.74, 6) is -0.387. The Morgan fingerprint density at radius 1 is 1.19 bits per heavy atom. The van der Waals surface area contributed by atoms with Gasteiger partial charge in [0.25, 0.3) is 0 Å². The van der Waals surface area contributed by atoms with Crippen LogP contribution in [0.1, 0.15) is 51.4 Å². The monoisotopic (exact) mass is 415 g/mol. The molecule has 158 valence electrons. The minimum Gasteiger partial charge on any atom is -0.478 e. The van der Waals surface area contributed by atoms with Crippen LogP contribution in [0.3, 0.4) is 0 Å². The average molecular weight is 415 g/mol. The molecule has 4 aromatic rings. The van der Waals surface area contributed by atoms with Gasteiger partial charge in [-0.2, -0.15) is 0 Å². The number of hydrogen-bond donors (Lipinski definition) is 2. The van der Waals surface area contributed by atoms with E-state index in [0.717, 1.165) is 55.7 Å². The number of nitrogens with one attached hydrogen (secondary N) is 1. The van der Waals surface area contributed by atoms with Gasteiger partial charge >= 0.3 is 5.97 Å². The number of pyridine rings is 1. The first-order valence-corrected chi connectivity index (χ1v) is 10.7. The normalized spacial score (nSPS) is 15.5. The minimum atomic E-state index is -0.875. The highest BCUT2D eigenvalue weighted by Crippen LogP contribution is 2.35. The minimum absolute atomic E-state index is 0.351. The third-order valence-corrected chi connectivity index (χ3v) is 6.27. The van der Waals surface area contributed by atoms with E-state index in [2.05, 4.69) is 27.1 Å². The van der Waals surface area contributed by atoms with Crippen LogP contribution in [0.15, 0.2) is 65.7 Å². The van der Waals surface area contributed by atoms with Crippen LogP contribution in [0.2, 0.25) is 0 Å². The summed E-state index contributed by atoms with van der Waals surface area (Å²) in [7, 11) is 0. The predicted octanol–water partition coefficient (Wildman–Crippen LogP) is 4.82. The van der Waals surface area contributed by atoms with Crippen molar-refractivity contribution in [3.63, 3.8) is 0 Å². The molecule has 0 unspecified atom stereocenters. The van der Waals surface area contributed by atoms with Crippen molar-refractivity contribution in [2.24, 2.45) is 0 Å². The van der Waals surface area contributed by atoms with Crippen molar-refractivity contribution in [1.82, 2.24) is 14.9 Å². The molecule has 6 heteroatoms. The van der Waals surface area contributed by atoms with E-state index in [1.807, 2.05) is 24.4 Å². The van der Waals surface area contributed by atoms with Gasteiger partial charge in [-0.15, -0.1) is 0 Å². The molecule has 1 aromatic carbocycles. The van der Waals surface area contributed by atoms with Gasteiger partial charge in [0.2, 0.25) is 0 Å². The Labute approximate surface area is 180 Å². The number of carbonyl (C=O) groups is 1. The molecule has 1 aliphatic heterocycles. The van der Waals surface area contributed by atoms with E-state index < -0.39 is 5.97 Å². The van der Waals surface area contributed by atoms with Crippen LogP contribution < -0.4 is 0 Å². The summed E-state index contributed by atoms with van der Waals surface area (Å²) in [6.07, 6.45) is 10.5. The molecule has 6 nitrogen and oxygen atoms in total. The Hall–Kier alpha value is -3.38. The molecule has 4 heterocycles. The lowest BCUT2D eigenvalue weighted by Crippen LogP contribution is -2.32. The molecular weight excluding hydrogens is 390 g/mol. The fraction of sp³-hybridized carbons (Fsp3) is 0.280. The number of likely N-dealkylation sites (tertiary alicyclic amines) is 1. The second kappa shape index (κ2) is 8.40. The summed E-state index contributed by atoms with van der Waals surface area (Å²) in [6.45, 7) is 2.77. The summed E-state index contributed by atoms with van der Waals surface area (Å²) in [6, 6.07) is 11.4. The van der Waals surface area contributed by atoms with Crippen molar-refractivity contribution in [3.8, 4) is 0 Å². The predicted molar refractivity (Wildman–Crippen MR) is 118 cm³/mol. The van der Waals surface area contributed by atoms with E-state index in [1.54, 1.807) is 24.7 Å². The van der Waals surface area contributed by atoms with Crippen LogP contribution in [0.5, 0.6) is 0 Å². The van der Waals surface area contributed by atoms with E-state index in [0.29, 0.717) is 11.5 Å². The summed E-state index contributed by atoms with van der Waals surface area (Å²) >= 11 is 0. The molecule has 0 bridgehead atoms. The molecule has 0 atom stereocenters. The van der Waals surface area contributed by atoms with Crippen LogP contribution in [0.4, 0.5) is 0 Å². The number of aromatic carboxylic acids is 1. The Bertz CT molecular complexity index is 1190. The van der Waals surface area contributed by atoms with E-state index in [1.165, 1.54) is 16.5 Å². The number of benzene rings is 1. The SMILES string of the molecule is O=C(O)c1cccc(CN2CCC(c3c[nH]c4nccc(Cc5ccoc5)c34)CC2)c1. The van der Waals surface area contributed by atoms with Crippen LogP contribution in [-0.4, -0.2) is 39.0 Å². The van der Waals surface area contributed by atoms with E-state index in [4.69, 9.17) is 4.42 Å². The lowest BCUT2D eigenvalue weighted by molar-refractivity contribution is 0.0696. The van der Waals surface area contributed by atoms with E-state index >= 15 is 0 Å². The highest BCUT2D eigenvalue weighted by Gasteiger charge is 2.24. The zero-order valence-electron chi connectivity index (χ0n) is 17.3. The number of aromatic amines is 1. The molecule has 0 saturated carbocycles. The second-order valence-corrected chi connectivity index (χ2v) is 8.30. The number of rotatable bonds is 6. The maximum Gasteiger partial charge on any atom is 0.335 e. The van der Waals surface area contributed by atoms with Crippen LogP contribution in [0, 0.1) is 0 Å². The first-order valence-electron chi connectivity index (χ1n) is 10.7. The first kappa shape index (κ1) is 19.6. The van der Waals surface area contributed by atoms with Gasteiger partial charge in [0.1, 0.15) is 5.65 Å². The van der Waals surface area contributed by atoms with Crippen molar-refractivity contribution < 1.29 is 14.3 Å². The average Bonchev–Trinajstić information content (AvgIpc) is 3.45. The second-order valence-electron chi connectivity index (χ2n) is 8.30. The number of piperidine rings is 1. The Balaban J connectivity index is 1.30. The molecule has 2 N–H and O–H groups in total. The highest BCUT2D eigenvalue weighted by molar-refractivity contribution is 5.87. The van der Waals surface area contributed by atoms with E-state index in [9.17, 15) is 9.90 Å². The molecule has 0 amide bonds. The number of aromatic nitrogens is 2. The quantitative estimate of drug-likeness (QED) is 0.472. The number of hydrogen-bond acceptors (Lipinski definition) is 4. The molecule has 3 aromatic heterocycles. The fourth-order valence-corrected chi connectivity index (χ4v) is 4.70. The molecule has 1 fully saturated rings. The molecule has 31 heavy (non-hydrogen) atoms. The number of carboxylic acid groups (broad SMARTS) is 1. The topological polar surface area (TPSA) is 82.4 Å². The molecule has 0 radical (unpaired) electrons. The highest BCUT2D eigenvalue weighted by atomic mass is 16.4. The van der Waals surface area contributed by atoms with Crippen LogP contribution in [0.25, 0.3) is 11.0 Å². The van der Waals surface area contributed by atoms with Crippen molar-refractivity contribution in [3.05, 3.63) is 89.1 Å². The van der Waals surface area contributed by atoms with Gasteiger partial charge in [-0.3, -0.25) is 4.90 Å². The summed E-state index contributed by atoms with van der Waals surface area (Å²) in [5, 5.41) is 10.5. The molecule has 0 spiro atoms. The number of carboxylic acids is 1. The smallest absolute Gasteiger partial charge is 0.335 e. The van der Waals surface area contributed by atoms with Crippen molar-refractivity contribution >= 4 is 17.0 Å². The van der Waals surface area contributed by atoms with Crippen LogP contribution in [-0.2, 0) is 13.0 Å². The van der Waals surface area contributed by atoms with Gasteiger partial charge in [-0.25, -0.2) is 9.78 Å². The zero-order chi connectivity index (χ0) is 21.2. The molecule has 1 aliphatic rings. The Morgan fingerprint density at radius 3 is 2.84 bits per heavy atom. The largest absolute Gasteiger partial charge is 0.478 e. The van der Waals surface area contributed by atoms with Gasteiger partial charge in [-0.05, 0) is 78.4 Å². The van der Waals surface area contributed by atoms with Gasteiger partial charge in [0.15, 0.2) is 0 Å². The molecule has 0 aliphatic carbocycles. The molecule has 1 saturated heterocycles. The van der Waals surface area contributed by atoms with Crippen molar-refractivity contribution in [2.75, 3.05) is 13.1 Å². The fourth-order valence-electron chi connectivity index (χ4n) is 4.70. The molecular formula is C25H25N3O3. The lowest BCUT2D eigenvalue weighted by Gasteiger charge is -2.32. The van der Waals surface area contributed by atoms with Crippen molar-refractivity contribution in [1.29, 1.82) is 0 Å². The number of nitrogens with zero attached hydrogens (tertiary/aromatic N) is 2. The van der Waals surface area contributed by atoms with Gasteiger partial charge in [-0.1, -0.05) is 12.1 Å². The van der Waals surface area contributed by atoms with Crippen LogP contribution >= 0.6 is 0 Å². The van der Waals surface area contributed by atoms with Crippen molar-refractivity contribution in [2.45, 2.75) is 31.7 Å². The third kappa shape index (κ3) is 4.11. The number of furan rings is 1. The van der Waals surface area contributed by atoms with Gasteiger partial charge in [0, 0.05) is 30.7 Å². The third-order valence-electron chi connectivity index (χ3n) is 6.27. The standard InChI is InChI=1S/C25H25N3O3/c29-25(30)21-3-1-2-17(12-21)15-28-9-5-19(6-10-28)22-14-27-24-23(22)20(4-8-26-24)13-18-7-11-31-16-18/h1-4,7-8,11-12,14,16,19H,5-6,9-10,13,15H2,(H,26,27)(H,29,30). The maximum absolute atomic E-state index is 11.2. The number of H-pyrrole nitrogens is 1. The Kier molecular flexibility index (Phi) is 5.30. The van der Waals surface area contributed by atoms with Gasteiger partial charge in [0.05, 0.1) is 18.1 Å². The van der Waals surface area contributed by atoms with E-state index in [-0.39, 0.29) is 0 Å². The van der Waals surface area contributed by atoms with Gasteiger partial charge < -0.3 is 14.5 Å². The molecule has 5 rings (SSSR count). The first-order chi connectivity index (χ1) is 15.2. The number of fused-ring (bicyclic) bond motifs is 1. The maximum atomic E-state index is 11.2. The Morgan fingerprint density at radius 2 is 2.06 bits per heavy atom. The zero-order valence-corrected chi connectivity index (χ0v) is 17.3. The summed E-state index contributed by atoms with van der Waals surface area (Å²) in [4.78, 5) is 21.6. The lowest BCUT2D eigenvalue weighted by atomic mass is 9.87.